The van der Waals surface area contributed by atoms with Gasteiger partial charge in [0.05, 0.1) is 6.10 Å². The van der Waals surface area contributed by atoms with Crippen molar-refractivity contribution in [3.8, 4) is 0 Å². The van der Waals surface area contributed by atoms with E-state index in [2.05, 4.69) is 38.1 Å². The maximum absolute atomic E-state index is 5.64. The fourth-order valence-corrected chi connectivity index (χ4v) is 2.55. The lowest BCUT2D eigenvalue weighted by Crippen LogP contribution is -2.25. The smallest absolute Gasteiger partial charge is 0.109 e. The molecule has 1 nitrogen and oxygen atoms in total. The summed E-state index contributed by atoms with van der Waals surface area (Å²) in [5.41, 5.74) is 3.20. The van der Waals surface area contributed by atoms with Gasteiger partial charge >= 0.3 is 0 Å². The van der Waals surface area contributed by atoms with E-state index in [0.29, 0.717) is 17.6 Å². The lowest BCUT2D eigenvalue weighted by Gasteiger charge is -2.29. The summed E-state index contributed by atoms with van der Waals surface area (Å²) < 4.78 is 5.64. The number of hydrogen-bond donors (Lipinski definition) is 0. The third kappa shape index (κ3) is 0.969. The average Bonchev–Trinajstić information content (AvgIpc) is 2.83. The van der Waals surface area contributed by atoms with Crippen molar-refractivity contribution in [1.82, 2.24) is 0 Å². The van der Waals surface area contributed by atoms with Gasteiger partial charge in [0.2, 0.25) is 0 Å². The Kier molecular flexibility index (Phi) is 1.26. The Hall–Kier alpha value is -0.820. The second-order valence-electron chi connectivity index (χ2n) is 4.77. The molecule has 1 heteroatoms. The highest BCUT2D eigenvalue weighted by molar-refractivity contribution is 5.41. The van der Waals surface area contributed by atoms with Gasteiger partial charge in [0.1, 0.15) is 6.10 Å². The molecule has 1 aromatic rings. The lowest BCUT2D eigenvalue weighted by molar-refractivity contribution is 0.344. The Labute approximate surface area is 78.7 Å². The van der Waals surface area contributed by atoms with E-state index >= 15 is 0 Å². The van der Waals surface area contributed by atoms with Gasteiger partial charge in [0, 0.05) is 0 Å². The number of hydrogen-bond acceptors (Lipinski definition) is 1. The first-order chi connectivity index (χ1) is 6.18. The molecular weight excluding hydrogens is 160 g/mol. The van der Waals surface area contributed by atoms with Crippen LogP contribution in [0, 0.1) is 0 Å². The molecule has 1 heterocycles. The number of ether oxygens (including phenoxy) is 1. The molecule has 1 aliphatic heterocycles. The standard InChI is InChI=1S/C12H14O/c1-12(2)7-10-11(13-10)8-5-3-4-6-9(8)12/h3-6,10-11H,7H2,1-2H3. The Morgan fingerprint density at radius 3 is 2.92 bits per heavy atom. The predicted octanol–water partition coefficient (Wildman–Crippen LogP) is 2.81. The van der Waals surface area contributed by atoms with Gasteiger partial charge in [-0.25, -0.2) is 0 Å². The Morgan fingerprint density at radius 1 is 1.31 bits per heavy atom. The van der Waals surface area contributed by atoms with Gasteiger partial charge in [-0.05, 0) is 23.0 Å². The molecule has 3 rings (SSSR count). The molecule has 0 bridgehead atoms. The van der Waals surface area contributed by atoms with Gasteiger partial charge in [-0.1, -0.05) is 38.1 Å². The first-order valence-corrected chi connectivity index (χ1v) is 4.93. The minimum absolute atomic E-state index is 0.300. The van der Waals surface area contributed by atoms with E-state index in [1.807, 2.05) is 0 Å². The molecule has 1 fully saturated rings. The van der Waals surface area contributed by atoms with Gasteiger partial charge < -0.3 is 4.74 Å². The first kappa shape index (κ1) is 7.57. The molecule has 68 valence electrons. The van der Waals surface area contributed by atoms with Crippen molar-refractivity contribution in [3.05, 3.63) is 35.4 Å². The summed E-state index contributed by atoms with van der Waals surface area (Å²) in [4.78, 5) is 0. The molecule has 2 aliphatic rings. The third-order valence-corrected chi connectivity index (χ3v) is 3.29. The summed E-state index contributed by atoms with van der Waals surface area (Å²) in [6.07, 6.45) is 2.10. The molecule has 2 atom stereocenters. The summed E-state index contributed by atoms with van der Waals surface area (Å²) >= 11 is 0. The molecule has 0 radical (unpaired) electrons. The van der Waals surface area contributed by atoms with Gasteiger partial charge in [-0.2, -0.15) is 0 Å². The SMILES string of the molecule is CC1(C)CC2OC2c2ccccc21. The van der Waals surface area contributed by atoms with E-state index in [1.54, 1.807) is 0 Å². The third-order valence-electron chi connectivity index (χ3n) is 3.29. The Bertz CT molecular complexity index is 354. The summed E-state index contributed by atoms with van der Waals surface area (Å²) in [6.45, 7) is 4.62. The van der Waals surface area contributed by atoms with E-state index in [1.165, 1.54) is 17.5 Å². The minimum Gasteiger partial charge on any atom is -0.364 e. The zero-order chi connectivity index (χ0) is 9.05. The molecule has 13 heavy (non-hydrogen) atoms. The highest BCUT2D eigenvalue weighted by Crippen LogP contribution is 2.53. The van der Waals surface area contributed by atoms with Crippen LogP contribution in [0.5, 0.6) is 0 Å². The van der Waals surface area contributed by atoms with Crippen LogP contribution in [0.1, 0.15) is 37.5 Å². The molecule has 0 saturated carbocycles. The highest BCUT2D eigenvalue weighted by atomic mass is 16.6. The molecule has 0 spiro atoms. The summed E-state index contributed by atoms with van der Waals surface area (Å²) in [7, 11) is 0. The summed E-state index contributed by atoms with van der Waals surface area (Å²) in [6, 6.07) is 8.69. The van der Waals surface area contributed by atoms with Crippen LogP contribution in [-0.4, -0.2) is 6.10 Å². The maximum Gasteiger partial charge on any atom is 0.109 e. The fourth-order valence-electron chi connectivity index (χ4n) is 2.55. The van der Waals surface area contributed by atoms with Crippen LogP contribution in [0.3, 0.4) is 0 Å². The van der Waals surface area contributed by atoms with E-state index in [-0.39, 0.29) is 0 Å². The van der Waals surface area contributed by atoms with Gasteiger partial charge in [0.15, 0.2) is 0 Å². The lowest BCUT2D eigenvalue weighted by atomic mass is 9.73. The van der Waals surface area contributed by atoms with E-state index in [0.717, 1.165) is 0 Å². The predicted molar refractivity (Wildman–Crippen MR) is 51.7 cm³/mol. The topological polar surface area (TPSA) is 12.5 Å². The summed E-state index contributed by atoms with van der Waals surface area (Å²) in [5, 5.41) is 0. The molecule has 0 N–H and O–H groups in total. The molecule has 1 saturated heterocycles. The highest BCUT2D eigenvalue weighted by Gasteiger charge is 2.49. The van der Waals surface area contributed by atoms with Crippen molar-refractivity contribution in [3.63, 3.8) is 0 Å². The van der Waals surface area contributed by atoms with Crippen molar-refractivity contribution in [2.24, 2.45) is 0 Å². The van der Waals surface area contributed by atoms with Crippen molar-refractivity contribution >= 4 is 0 Å². The van der Waals surface area contributed by atoms with Crippen LogP contribution in [0.4, 0.5) is 0 Å². The largest absolute Gasteiger partial charge is 0.364 e. The Morgan fingerprint density at radius 2 is 2.08 bits per heavy atom. The molecule has 1 aromatic carbocycles. The fraction of sp³-hybridized carbons (Fsp3) is 0.500. The van der Waals surface area contributed by atoms with Gasteiger partial charge in [-0.3, -0.25) is 0 Å². The van der Waals surface area contributed by atoms with Crippen molar-refractivity contribution in [2.75, 3.05) is 0 Å². The number of rotatable bonds is 0. The van der Waals surface area contributed by atoms with Crippen LogP contribution < -0.4 is 0 Å². The Balaban J connectivity index is 2.19. The average molecular weight is 174 g/mol. The second-order valence-corrected chi connectivity index (χ2v) is 4.77. The summed E-state index contributed by atoms with van der Waals surface area (Å²) in [5.74, 6) is 0. The molecule has 1 aliphatic carbocycles. The van der Waals surface area contributed by atoms with Crippen LogP contribution in [0.2, 0.25) is 0 Å². The van der Waals surface area contributed by atoms with Crippen molar-refractivity contribution in [1.29, 1.82) is 0 Å². The van der Waals surface area contributed by atoms with Crippen molar-refractivity contribution < 1.29 is 4.74 Å². The van der Waals surface area contributed by atoms with E-state index < -0.39 is 0 Å². The number of fused-ring (bicyclic) bond motifs is 3. The monoisotopic (exact) mass is 174 g/mol. The van der Waals surface area contributed by atoms with Crippen molar-refractivity contribution in [2.45, 2.75) is 37.9 Å². The first-order valence-electron chi connectivity index (χ1n) is 4.93. The van der Waals surface area contributed by atoms with Crippen LogP contribution in [-0.2, 0) is 10.2 Å². The number of epoxide rings is 1. The van der Waals surface area contributed by atoms with Gasteiger partial charge in [-0.15, -0.1) is 0 Å². The van der Waals surface area contributed by atoms with Crippen LogP contribution >= 0.6 is 0 Å². The quantitative estimate of drug-likeness (QED) is 0.551. The molecule has 2 unspecified atom stereocenters. The molecular formula is C12H14O. The normalized spacial score (nSPS) is 33.4. The molecule has 0 amide bonds. The number of benzene rings is 1. The minimum atomic E-state index is 0.300. The van der Waals surface area contributed by atoms with Crippen LogP contribution in [0.25, 0.3) is 0 Å². The van der Waals surface area contributed by atoms with Crippen LogP contribution in [0.15, 0.2) is 24.3 Å². The second kappa shape index (κ2) is 2.16. The molecule has 0 aromatic heterocycles. The zero-order valence-electron chi connectivity index (χ0n) is 8.08. The van der Waals surface area contributed by atoms with E-state index in [4.69, 9.17) is 4.74 Å². The van der Waals surface area contributed by atoms with E-state index in [9.17, 15) is 0 Å². The zero-order valence-corrected chi connectivity index (χ0v) is 8.08. The maximum atomic E-state index is 5.64. The van der Waals surface area contributed by atoms with Gasteiger partial charge in [0.25, 0.3) is 0 Å².